The van der Waals surface area contributed by atoms with E-state index in [0.29, 0.717) is 5.56 Å². The molecule has 0 saturated heterocycles. The van der Waals surface area contributed by atoms with Gasteiger partial charge in [0.1, 0.15) is 5.69 Å². The number of aromatic nitrogens is 1. The number of nitrogens with two attached hydrogens (primary N) is 1. The molecule has 0 radical (unpaired) electrons. The topological polar surface area (TPSA) is 85.1 Å². The van der Waals surface area contributed by atoms with E-state index in [2.05, 4.69) is 17.2 Å². The van der Waals surface area contributed by atoms with Gasteiger partial charge in [-0.3, -0.25) is 14.6 Å². The molecule has 0 aliphatic heterocycles. The molecule has 1 aromatic carbocycles. The van der Waals surface area contributed by atoms with Crippen LogP contribution in [0.2, 0.25) is 0 Å². The average Bonchev–Trinajstić information content (AvgIpc) is 2.54. The van der Waals surface area contributed by atoms with Crippen molar-refractivity contribution in [3.63, 3.8) is 0 Å². The van der Waals surface area contributed by atoms with Crippen LogP contribution in [0.1, 0.15) is 46.2 Å². The van der Waals surface area contributed by atoms with E-state index >= 15 is 0 Å². The van der Waals surface area contributed by atoms with Gasteiger partial charge in [0.15, 0.2) is 0 Å². The van der Waals surface area contributed by atoms with Crippen LogP contribution in [-0.2, 0) is 6.42 Å². The molecule has 2 aromatic rings. The standard InChI is InChI=1S/C17H19N3O2/c1-2-3-4-12-5-8-14(9-6-12)20-17(22)13-7-10-15(16(18)21)19-11-13/h5-11H,2-4H2,1H3,(H2,18,21)(H,20,22). The molecule has 5 heteroatoms. The number of aryl methyl sites for hydroxylation is 1. The number of carbonyl (C=O) groups is 2. The molecule has 5 nitrogen and oxygen atoms in total. The zero-order chi connectivity index (χ0) is 15.9. The van der Waals surface area contributed by atoms with E-state index in [1.165, 1.54) is 23.9 Å². The number of nitrogens with one attached hydrogen (secondary N) is 1. The molecule has 2 amide bonds. The molecule has 0 aliphatic rings. The van der Waals surface area contributed by atoms with E-state index in [-0.39, 0.29) is 11.6 Å². The second kappa shape index (κ2) is 7.36. The SMILES string of the molecule is CCCCc1ccc(NC(=O)c2ccc(C(N)=O)nc2)cc1. The summed E-state index contributed by atoms with van der Waals surface area (Å²) in [6, 6.07) is 10.8. The van der Waals surface area contributed by atoms with E-state index in [0.717, 1.165) is 24.9 Å². The number of hydrogen-bond acceptors (Lipinski definition) is 3. The molecule has 114 valence electrons. The second-order valence-electron chi connectivity index (χ2n) is 5.05. The van der Waals surface area contributed by atoms with Crippen molar-refractivity contribution in [3.8, 4) is 0 Å². The first-order valence-corrected chi connectivity index (χ1v) is 7.26. The number of primary amides is 1. The maximum atomic E-state index is 12.1. The highest BCUT2D eigenvalue weighted by Gasteiger charge is 2.08. The van der Waals surface area contributed by atoms with Gasteiger partial charge < -0.3 is 11.1 Å². The third-order valence-electron chi connectivity index (χ3n) is 3.31. The molecule has 0 fully saturated rings. The average molecular weight is 297 g/mol. The van der Waals surface area contributed by atoms with E-state index in [4.69, 9.17) is 5.73 Å². The summed E-state index contributed by atoms with van der Waals surface area (Å²) < 4.78 is 0. The maximum absolute atomic E-state index is 12.1. The lowest BCUT2D eigenvalue weighted by Crippen LogP contribution is -2.15. The summed E-state index contributed by atoms with van der Waals surface area (Å²) in [7, 11) is 0. The summed E-state index contributed by atoms with van der Waals surface area (Å²) in [4.78, 5) is 26.9. The van der Waals surface area contributed by atoms with Gasteiger partial charge in [-0.25, -0.2) is 0 Å². The Hall–Kier alpha value is -2.69. The number of unbranched alkanes of at least 4 members (excludes halogenated alkanes) is 1. The molecule has 22 heavy (non-hydrogen) atoms. The number of carbonyl (C=O) groups excluding carboxylic acids is 2. The van der Waals surface area contributed by atoms with Crippen molar-refractivity contribution in [3.05, 3.63) is 59.4 Å². The lowest BCUT2D eigenvalue weighted by atomic mass is 10.1. The fourth-order valence-corrected chi connectivity index (χ4v) is 2.01. The van der Waals surface area contributed by atoms with Crippen LogP contribution in [0.25, 0.3) is 0 Å². The molecule has 0 unspecified atom stereocenters. The Kier molecular flexibility index (Phi) is 5.25. The van der Waals surface area contributed by atoms with Crippen molar-refractivity contribution < 1.29 is 9.59 Å². The smallest absolute Gasteiger partial charge is 0.267 e. The normalized spacial score (nSPS) is 10.2. The number of pyridine rings is 1. The summed E-state index contributed by atoms with van der Waals surface area (Å²) >= 11 is 0. The fraction of sp³-hybridized carbons (Fsp3) is 0.235. The Morgan fingerprint density at radius 1 is 1.14 bits per heavy atom. The first kappa shape index (κ1) is 15.7. The third kappa shape index (κ3) is 4.15. The molecule has 0 aliphatic carbocycles. The van der Waals surface area contributed by atoms with Crippen molar-refractivity contribution in [2.45, 2.75) is 26.2 Å². The number of rotatable bonds is 6. The Bertz CT molecular complexity index is 649. The van der Waals surface area contributed by atoms with Gasteiger partial charge in [-0.05, 0) is 42.7 Å². The number of anilines is 1. The van der Waals surface area contributed by atoms with E-state index in [1.54, 1.807) is 0 Å². The van der Waals surface area contributed by atoms with Gasteiger partial charge in [-0.2, -0.15) is 0 Å². The number of benzene rings is 1. The lowest BCUT2D eigenvalue weighted by molar-refractivity contribution is 0.0990. The van der Waals surface area contributed by atoms with Crippen LogP contribution in [-0.4, -0.2) is 16.8 Å². The van der Waals surface area contributed by atoms with Crippen LogP contribution < -0.4 is 11.1 Å². The Morgan fingerprint density at radius 3 is 2.41 bits per heavy atom. The van der Waals surface area contributed by atoms with Crippen LogP contribution in [0.5, 0.6) is 0 Å². The first-order chi connectivity index (χ1) is 10.6. The molecule has 0 spiro atoms. The van der Waals surface area contributed by atoms with Crippen molar-refractivity contribution in [2.24, 2.45) is 5.73 Å². The van der Waals surface area contributed by atoms with Gasteiger partial charge in [0.05, 0.1) is 5.56 Å². The largest absolute Gasteiger partial charge is 0.364 e. The molecular formula is C17H19N3O2. The quantitative estimate of drug-likeness (QED) is 0.859. The molecule has 2 rings (SSSR count). The number of amides is 2. The van der Waals surface area contributed by atoms with Crippen molar-refractivity contribution >= 4 is 17.5 Å². The summed E-state index contributed by atoms with van der Waals surface area (Å²) in [6.07, 6.45) is 4.70. The summed E-state index contributed by atoms with van der Waals surface area (Å²) in [5.41, 5.74) is 7.60. The van der Waals surface area contributed by atoms with Gasteiger partial charge >= 0.3 is 0 Å². The highest BCUT2D eigenvalue weighted by Crippen LogP contribution is 2.13. The highest BCUT2D eigenvalue weighted by atomic mass is 16.2. The summed E-state index contributed by atoms with van der Waals surface area (Å²) in [6.45, 7) is 2.16. The van der Waals surface area contributed by atoms with Gasteiger partial charge in [0.2, 0.25) is 0 Å². The van der Waals surface area contributed by atoms with Gasteiger partial charge in [-0.1, -0.05) is 25.5 Å². The molecule has 0 saturated carbocycles. The number of hydrogen-bond donors (Lipinski definition) is 2. The van der Waals surface area contributed by atoms with Gasteiger partial charge in [0.25, 0.3) is 11.8 Å². The van der Waals surface area contributed by atoms with Crippen LogP contribution in [0.3, 0.4) is 0 Å². The lowest BCUT2D eigenvalue weighted by Gasteiger charge is -2.06. The van der Waals surface area contributed by atoms with Crippen LogP contribution in [0.4, 0.5) is 5.69 Å². The molecule has 1 heterocycles. The zero-order valence-electron chi connectivity index (χ0n) is 12.5. The van der Waals surface area contributed by atoms with Crippen LogP contribution in [0, 0.1) is 0 Å². The molecular weight excluding hydrogens is 278 g/mol. The minimum atomic E-state index is -0.616. The molecule has 1 aromatic heterocycles. The van der Waals surface area contributed by atoms with E-state index in [9.17, 15) is 9.59 Å². The molecule has 0 bridgehead atoms. The first-order valence-electron chi connectivity index (χ1n) is 7.26. The van der Waals surface area contributed by atoms with Gasteiger partial charge in [-0.15, -0.1) is 0 Å². The third-order valence-corrected chi connectivity index (χ3v) is 3.31. The van der Waals surface area contributed by atoms with Gasteiger partial charge in [0, 0.05) is 11.9 Å². The zero-order valence-corrected chi connectivity index (χ0v) is 12.5. The number of nitrogens with zero attached hydrogens (tertiary/aromatic N) is 1. The fourth-order valence-electron chi connectivity index (χ4n) is 2.01. The maximum Gasteiger partial charge on any atom is 0.267 e. The van der Waals surface area contributed by atoms with Crippen molar-refractivity contribution in [2.75, 3.05) is 5.32 Å². The highest BCUT2D eigenvalue weighted by molar-refractivity contribution is 6.04. The predicted octanol–water partition coefficient (Wildman–Crippen LogP) is 2.78. The molecule has 0 atom stereocenters. The van der Waals surface area contributed by atoms with Crippen molar-refractivity contribution in [1.29, 1.82) is 0 Å². The van der Waals surface area contributed by atoms with Crippen LogP contribution in [0.15, 0.2) is 42.6 Å². The Balaban J connectivity index is 2.00. The minimum Gasteiger partial charge on any atom is -0.364 e. The van der Waals surface area contributed by atoms with Crippen LogP contribution >= 0.6 is 0 Å². The molecule has 3 N–H and O–H groups in total. The Labute approximate surface area is 129 Å². The van der Waals surface area contributed by atoms with Crippen molar-refractivity contribution in [1.82, 2.24) is 4.98 Å². The predicted molar refractivity (Wildman–Crippen MR) is 85.8 cm³/mol. The summed E-state index contributed by atoms with van der Waals surface area (Å²) in [5.74, 6) is -0.889. The van der Waals surface area contributed by atoms with E-state index < -0.39 is 5.91 Å². The minimum absolute atomic E-state index is 0.136. The summed E-state index contributed by atoms with van der Waals surface area (Å²) in [5, 5.41) is 2.80. The monoisotopic (exact) mass is 297 g/mol. The van der Waals surface area contributed by atoms with E-state index in [1.807, 2.05) is 24.3 Å². The Morgan fingerprint density at radius 2 is 1.86 bits per heavy atom. The second-order valence-corrected chi connectivity index (χ2v) is 5.05.